The smallest absolute Gasteiger partial charge is 0.341 e. The van der Waals surface area contributed by atoms with Crippen LogP contribution in [0.25, 0.3) is 5.52 Å². The third kappa shape index (κ3) is 1.52. The van der Waals surface area contributed by atoms with Gasteiger partial charge in [-0.05, 0) is 24.3 Å². The zero-order chi connectivity index (χ0) is 11.7. The Hall–Kier alpha value is -2.30. The van der Waals surface area contributed by atoms with Gasteiger partial charge in [0.25, 0.3) is 5.56 Å². The monoisotopic (exact) mass is 219 g/mol. The average Bonchev–Trinajstić information content (AvgIpc) is 2.28. The summed E-state index contributed by atoms with van der Waals surface area (Å²) in [6.07, 6.45) is 1.46. The van der Waals surface area contributed by atoms with Gasteiger partial charge in [-0.1, -0.05) is 0 Å². The Labute approximate surface area is 90.5 Å². The molecule has 5 nitrogen and oxygen atoms in total. The molecule has 0 bridgehead atoms. The third-order valence-corrected chi connectivity index (χ3v) is 2.29. The fourth-order valence-corrected chi connectivity index (χ4v) is 1.46. The first-order valence-corrected chi connectivity index (χ1v) is 4.56. The van der Waals surface area contributed by atoms with E-state index in [1.165, 1.54) is 23.8 Å². The molecule has 0 fully saturated rings. The summed E-state index contributed by atoms with van der Waals surface area (Å²) in [6, 6.07) is 6.26. The molecule has 5 heteroatoms. The maximum Gasteiger partial charge on any atom is 0.341 e. The molecule has 2 heterocycles. The minimum Gasteiger partial charge on any atom is -0.495 e. The van der Waals surface area contributed by atoms with Crippen molar-refractivity contribution in [2.75, 3.05) is 7.11 Å². The largest absolute Gasteiger partial charge is 0.495 e. The van der Waals surface area contributed by atoms with Gasteiger partial charge in [0.05, 0.1) is 13.3 Å². The van der Waals surface area contributed by atoms with Gasteiger partial charge in [0.2, 0.25) is 0 Å². The molecule has 0 unspecified atom stereocenters. The molecule has 0 aliphatic carbocycles. The third-order valence-electron chi connectivity index (χ3n) is 2.29. The van der Waals surface area contributed by atoms with Crippen LogP contribution in [0.2, 0.25) is 0 Å². The molecular formula is C11H9NO4. The van der Waals surface area contributed by atoms with Crippen molar-refractivity contribution in [2.24, 2.45) is 0 Å². The summed E-state index contributed by atoms with van der Waals surface area (Å²) in [5.41, 5.74) is -0.203. The van der Waals surface area contributed by atoms with Crippen molar-refractivity contribution in [3.63, 3.8) is 0 Å². The number of ether oxygens (including phenoxy) is 1. The second-order valence-corrected chi connectivity index (χ2v) is 3.22. The minimum atomic E-state index is -1.23. The number of aromatic nitrogens is 1. The van der Waals surface area contributed by atoms with Crippen molar-refractivity contribution >= 4 is 11.5 Å². The maximum atomic E-state index is 11.8. The summed E-state index contributed by atoms with van der Waals surface area (Å²) in [6.45, 7) is 0. The van der Waals surface area contributed by atoms with Gasteiger partial charge in [-0.25, -0.2) is 4.79 Å². The maximum absolute atomic E-state index is 11.8. The number of aromatic carboxylic acids is 1. The SMILES string of the molecule is COc1ccc2ccc(C(=O)O)c(=O)n2c1. The summed E-state index contributed by atoms with van der Waals surface area (Å²) in [5, 5.41) is 8.81. The lowest BCUT2D eigenvalue weighted by molar-refractivity contribution is 0.0695. The zero-order valence-electron chi connectivity index (χ0n) is 8.51. The van der Waals surface area contributed by atoms with Gasteiger partial charge in [0, 0.05) is 5.52 Å². The summed E-state index contributed by atoms with van der Waals surface area (Å²) in [7, 11) is 1.48. The molecule has 0 amide bonds. The molecule has 2 aromatic rings. The van der Waals surface area contributed by atoms with Crippen molar-refractivity contribution in [3.8, 4) is 5.75 Å². The molecule has 0 radical (unpaired) electrons. The van der Waals surface area contributed by atoms with Gasteiger partial charge in [0.1, 0.15) is 11.3 Å². The Balaban J connectivity index is 2.81. The van der Waals surface area contributed by atoms with E-state index in [0.717, 1.165) is 0 Å². The van der Waals surface area contributed by atoms with E-state index in [0.29, 0.717) is 11.3 Å². The van der Waals surface area contributed by atoms with Crippen LogP contribution in [0.1, 0.15) is 10.4 Å². The molecule has 0 saturated heterocycles. The van der Waals surface area contributed by atoms with Gasteiger partial charge in [-0.2, -0.15) is 0 Å². The van der Waals surface area contributed by atoms with E-state index in [2.05, 4.69) is 0 Å². The second kappa shape index (κ2) is 3.69. The molecule has 2 aromatic heterocycles. The van der Waals surface area contributed by atoms with Gasteiger partial charge in [-0.3, -0.25) is 9.20 Å². The molecule has 1 N–H and O–H groups in total. The van der Waals surface area contributed by atoms with Gasteiger partial charge in [-0.15, -0.1) is 0 Å². The molecule has 0 aliphatic heterocycles. The van der Waals surface area contributed by atoms with Crippen LogP contribution in [0.4, 0.5) is 0 Å². The van der Waals surface area contributed by atoms with E-state index < -0.39 is 11.5 Å². The number of hydrogen-bond donors (Lipinski definition) is 1. The van der Waals surface area contributed by atoms with Crippen LogP contribution in [0.3, 0.4) is 0 Å². The van der Waals surface area contributed by atoms with Crippen LogP contribution >= 0.6 is 0 Å². The first-order chi connectivity index (χ1) is 7.63. The number of methoxy groups -OCH3 is 1. The first-order valence-electron chi connectivity index (χ1n) is 4.56. The quantitative estimate of drug-likeness (QED) is 0.818. The van der Waals surface area contributed by atoms with Crippen LogP contribution < -0.4 is 10.3 Å². The Bertz CT molecular complexity index is 615. The Morgan fingerprint density at radius 1 is 1.31 bits per heavy atom. The minimum absolute atomic E-state index is 0.259. The second-order valence-electron chi connectivity index (χ2n) is 3.22. The van der Waals surface area contributed by atoms with Crippen LogP contribution in [-0.2, 0) is 0 Å². The molecule has 0 aliphatic rings. The van der Waals surface area contributed by atoms with E-state index in [-0.39, 0.29) is 5.56 Å². The van der Waals surface area contributed by atoms with Gasteiger partial charge < -0.3 is 9.84 Å². The predicted octanol–water partition coefficient (Wildman–Crippen LogP) is 1.01. The first kappa shape index (κ1) is 10.2. The number of carboxylic acids is 1. The Kier molecular flexibility index (Phi) is 2.36. The van der Waals surface area contributed by atoms with Gasteiger partial charge in [0.15, 0.2) is 0 Å². The number of carbonyl (C=O) groups is 1. The Morgan fingerprint density at radius 3 is 2.62 bits per heavy atom. The highest BCUT2D eigenvalue weighted by Crippen LogP contribution is 2.11. The molecular weight excluding hydrogens is 210 g/mol. The highest BCUT2D eigenvalue weighted by Gasteiger charge is 2.10. The van der Waals surface area contributed by atoms with Crippen LogP contribution in [0.5, 0.6) is 5.75 Å². The number of fused-ring (bicyclic) bond motifs is 1. The molecule has 0 spiro atoms. The molecule has 16 heavy (non-hydrogen) atoms. The van der Waals surface area contributed by atoms with E-state index >= 15 is 0 Å². The van der Waals surface area contributed by atoms with Crippen molar-refractivity contribution < 1.29 is 14.6 Å². The van der Waals surface area contributed by atoms with Crippen LogP contribution in [0, 0.1) is 0 Å². The summed E-state index contributed by atoms with van der Waals surface area (Å²) < 4.78 is 6.22. The molecule has 0 saturated carbocycles. The van der Waals surface area contributed by atoms with Crippen molar-refractivity contribution in [1.29, 1.82) is 0 Å². The summed E-state index contributed by atoms with van der Waals surface area (Å²) >= 11 is 0. The van der Waals surface area contributed by atoms with Crippen LogP contribution in [-0.4, -0.2) is 22.6 Å². The lowest BCUT2D eigenvalue weighted by atomic mass is 10.2. The van der Waals surface area contributed by atoms with Crippen molar-refractivity contribution in [2.45, 2.75) is 0 Å². The number of hydrogen-bond acceptors (Lipinski definition) is 3. The Morgan fingerprint density at radius 2 is 2.00 bits per heavy atom. The number of carboxylic acid groups (broad SMARTS) is 1. The standard InChI is InChI=1S/C11H9NO4/c1-16-8-4-2-7-3-5-9(11(14)15)10(13)12(7)6-8/h2-6H,1H3,(H,14,15). The lowest BCUT2D eigenvalue weighted by Crippen LogP contribution is -2.21. The lowest BCUT2D eigenvalue weighted by Gasteiger charge is -2.04. The molecule has 82 valence electrons. The molecule has 0 aromatic carbocycles. The summed E-state index contributed by atoms with van der Waals surface area (Å²) in [5.74, 6) is -0.737. The fourth-order valence-electron chi connectivity index (χ4n) is 1.46. The fraction of sp³-hybridized carbons (Fsp3) is 0.0909. The van der Waals surface area contributed by atoms with E-state index in [1.54, 1.807) is 18.2 Å². The molecule has 2 rings (SSSR count). The average molecular weight is 219 g/mol. The van der Waals surface area contributed by atoms with Gasteiger partial charge >= 0.3 is 5.97 Å². The number of rotatable bonds is 2. The molecule has 0 atom stereocenters. The van der Waals surface area contributed by atoms with E-state index in [4.69, 9.17) is 9.84 Å². The normalized spacial score (nSPS) is 10.3. The van der Waals surface area contributed by atoms with Crippen LogP contribution in [0.15, 0.2) is 35.3 Å². The van der Waals surface area contributed by atoms with E-state index in [9.17, 15) is 9.59 Å². The zero-order valence-corrected chi connectivity index (χ0v) is 8.51. The summed E-state index contributed by atoms with van der Waals surface area (Å²) in [4.78, 5) is 22.5. The number of pyridine rings is 2. The number of nitrogens with zero attached hydrogens (tertiary/aromatic N) is 1. The van der Waals surface area contributed by atoms with Crippen molar-refractivity contribution in [3.05, 3.63) is 46.4 Å². The highest BCUT2D eigenvalue weighted by molar-refractivity contribution is 5.87. The highest BCUT2D eigenvalue weighted by atomic mass is 16.5. The predicted molar refractivity (Wildman–Crippen MR) is 57.2 cm³/mol. The van der Waals surface area contributed by atoms with Crippen molar-refractivity contribution in [1.82, 2.24) is 4.40 Å². The topological polar surface area (TPSA) is 68.0 Å². The van der Waals surface area contributed by atoms with E-state index in [1.807, 2.05) is 0 Å².